The Kier molecular flexibility index (Phi) is 4.44. The SMILES string of the molecule is O[C@@]1(c2ccc3c(c2)OCCO3)C[N+]2=C(CCCCC2)N1c1ccc(Cl)cc1. The van der Waals surface area contributed by atoms with Crippen molar-refractivity contribution in [1.82, 2.24) is 0 Å². The van der Waals surface area contributed by atoms with Gasteiger partial charge in [0.05, 0.1) is 6.54 Å². The Balaban J connectivity index is 1.61. The predicted molar refractivity (Wildman–Crippen MR) is 109 cm³/mol. The molecule has 3 aliphatic heterocycles. The van der Waals surface area contributed by atoms with Crippen molar-refractivity contribution in [3.63, 3.8) is 0 Å². The molecule has 0 saturated heterocycles. The van der Waals surface area contributed by atoms with Crippen molar-refractivity contribution >= 4 is 23.1 Å². The first kappa shape index (κ1) is 17.8. The molecule has 2 aromatic rings. The van der Waals surface area contributed by atoms with Gasteiger partial charge in [-0.1, -0.05) is 11.6 Å². The van der Waals surface area contributed by atoms with E-state index in [4.69, 9.17) is 21.1 Å². The van der Waals surface area contributed by atoms with Crippen molar-refractivity contribution in [2.75, 3.05) is 31.2 Å². The number of hydrogen-bond acceptors (Lipinski definition) is 4. The molecule has 3 aliphatic rings. The third-order valence-corrected chi connectivity index (χ3v) is 6.07. The van der Waals surface area contributed by atoms with Crippen LogP contribution in [0.3, 0.4) is 0 Å². The van der Waals surface area contributed by atoms with Crippen LogP contribution in [0.2, 0.25) is 5.02 Å². The van der Waals surface area contributed by atoms with E-state index in [1.807, 2.05) is 42.5 Å². The third-order valence-electron chi connectivity index (χ3n) is 5.82. The molecule has 0 radical (unpaired) electrons. The lowest BCUT2D eigenvalue weighted by atomic mass is 9.99. The number of rotatable bonds is 2. The molecular formula is C22H24ClN2O3+. The fraction of sp³-hybridized carbons (Fsp3) is 0.409. The smallest absolute Gasteiger partial charge is 0.275 e. The highest BCUT2D eigenvalue weighted by Crippen LogP contribution is 2.41. The molecule has 0 spiro atoms. The van der Waals surface area contributed by atoms with E-state index in [1.54, 1.807) is 0 Å². The Morgan fingerprint density at radius 2 is 1.75 bits per heavy atom. The van der Waals surface area contributed by atoms with Gasteiger partial charge < -0.3 is 14.6 Å². The maximum Gasteiger partial charge on any atom is 0.275 e. The molecule has 28 heavy (non-hydrogen) atoms. The average Bonchev–Trinajstić information content (AvgIpc) is 2.85. The van der Waals surface area contributed by atoms with E-state index < -0.39 is 5.72 Å². The van der Waals surface area contributed by atoms with Crippen LogP contribution in [0.25, 0.3) is 0 Å². The van der Waals surface area contributed by atoms with Gasteiger partial charge in [-0.2, -0.15) is 4.90 Å². The van der Waals surface area contributed by atoms with Gasteiger partial charge in [0.2, 0.25) is 0 Å². The molecule has 5 nitrogen and oxygen atoms in total. The van der Waals surface area contributed by atoms with Crippen LogP contribution in [0.1, 0.15) is 31.2 Å². The molecule has 1 atom stereocenters. The van der Waals surface area contributed by atoms with Crippen molar-refractivity contribution in [2.24, 2.45) is 0 Å². The summed E-state index contributed by atoms with van der Waals surface area (Å²) in [5.74, 6) is 2.61. The molecule has 0 fully saturated rings. The topological polar surface area (TPSA) is 44.9 Å². The molecule has 1 N–H and O–H groups in total. The number of ether oxygens (including phenoxy) is 2. The number of fused-ring (bicyclic) bond motifs is 1. The summed E-state index contributed by atoms with van der Waals surface area (Å²) in [5.41, 5.74) is 0.588. The summed E-state index contributed by atoms with van der Waals surface area (Å²) in [4.78, 5) is 2.08. The first-order chi connectivity index (χ1) is 13.6. The number of amidine groups is 1. The van der Waals surface area contributed by atoms with Gasteiger partial charge in [0, 0.05) is 17.0 Å². The zero-order valence-electron chi connectivity index (χ0n) is 15.7. The molecule has 2 aromatic carbocycles. The van der Waals surface area contributed by atoms with Crippen molar-refractivity contribution in [3.8, 4) is 11.5 Å². The summed E-state index contributed by atoms with van der Waals surface area (Å²) in [7, 11) is 0. The van der Waals surface area contributed by atoms with Crippen LogP contribution in [0.5, 0.6) is 11.5 Å². The van der Waals surface area contributed by atoms with Gasteiger partial charge in [0.15, 0.2) is 18.0 Å². The standard InChI is InChI=1S/C22H24ClN2O3/c23-17-6-8-18(9-7-17)25-21-4-2-1-3-11-24(21)15-22(25,26)16-5-10-19-20(14-16)28-13-12-27-19/h5-10,14,26H,1-4,11-13,15H2/q+1/t22-/m1/s1. The fourth-order valence-corrected chi connectivity index (χ4v) is 4.62. The number of hydrogen-bond donors (Lipinski definition) is 1. The van der Waals surface area contributed by atoms with E-state index in [2.05, 4.69) is 9.48 Å². The average molecular weight is 400 g/mol. The molecule has 0 bridgehead atoms. The Morgan fingerprint density at radius 1 is 0.964 bits per heavy atom. The summed E-state index contributed by atoms with van der Waals surface area (Å²) in [6, 6.07) is 13.5. The van der Waals surface area contributed by atoms with E-state index in [0.717, 1.165) is 42.8 Å². The molecular weight excluding hydrogens is 376 g/mol. The van der Waals surface area contributed by atoms with Crippen molar-refractivity contribution in [3.05, 3.63) is 53.1 Å². The summed E-state index contributed by atoms with van der Waals surface area (Å²) < 4.78 is 13.8. The van der Waals surface area contributed by atoms with E-state index in [-0.39, 0.29) is 0 Å². The molecule has 0 unspecified atom stereocenters. The number of aliphatic hydroxyl groups is 1. The predicted octanol–water partition coefficient (Wildman–Crippen LogP) is 3.76. The summed E-state index contributed by atoms with van der Waals surface area (Å²) in [6.07, 6.45) is 4.45. The fourth-order valence-electron chi connectivity index (χ4n) is 4.49. The summed E-state index contributed by atoms with van der Waals surface area (Å²) in [5, 5.41) is 12.7. The lowest BCUT2D eigenvalue weighted by Crippen LogP contribution is -2.47. The second-order valence-corrected chi connectivity index (χ2v) is 8.07. The van der Waals surface area contributed by atoms with Crippen molar-refractivity contribution in [1.29, 1.82) is 0 Å². The van der Waals surface area contributed by atoms with Gasteiger partial charge in [0.25, 0.3) is 11.6 Å². The van der Waals surface area contributed by atoms with E-state index >= 15 is 0 Å². The van der Waals surface area contributed by atoms with Crippen LogP contribution in [-0.2, 0) is 5.72 Å². The zero-order valence-corrected chi connectivity index (χ0v) is 16.5. The van der Waals surface area contributed by atoms with Crippen LogP contribution in [0.4, 0.5) is 5.69 Å². The number of nitrogens with zero attached hydrogens (tertiary/aromatic N) is 2. The minimum absolute atomic E-state index is 0.527. The molecule has 0 aromatic heterocycles. The van der Waals surface area contributed by atoms with E-state index in [0.29, 0.717) is 30.5 Å². The highest BCUT2D eigenvalue weighted by atomic mass is 35.5. The minimum Gasteiger partial charge on any atom is -0.486 e. The number of anilines is 1. The van der Waals surface area contributed by atoms with Gasteiger partial charge in [-0.15, -0.1) is 0 Å². The lowest BCUT2D eigenvalue weighted by Gasteiger charge is -2.30. The van der Waals surface area contributed by atoms with Crippen molar-refractivity contribution in [2.45, 2.75) is 31.4 Å². The monoisotopic (exact) mass is 399 g/mol. The third kappa shape index (κ3) is 2.93. The number of halogens is 1. The zero-order chi connectivity index (χ0) is 19.1. The van der Waals surface area contributed by atoms with Crippen LogP contribution < -0.4 is 14.4 Å². The highest BCUT2D eigenvalue weighted by Gasteiger charge is 2.54. The Morgan fingerprint density at radius 3 is 2.57 bits per heavy atom. The van der Waals surface area contributed by atoms with E-state index in [9.17, 15) is 5.11 Å². The molecule has 146 valence electrons. The Labute approximate surface area is 169 Å². The van der Waals surface area contributed by atoms with Crippen LogP contribution in [0.15, 0.2) is 42.5 Å². The van der Waals surface area contributed by atoms with Crippen LogP contribution >= 0.6 is 11.6 Å². The maximum absolute atomic E-state index is 12.0. The summed E-state index contributed by atoms with van der Waals surface area (Å²) in [6.45, 7) is 2.58. The normalized spacial score (nSPS) is 24.1. The van der Waals surface area contributed by atoms with E-state index in [1.165, 1.54) is 12.3 Å². The second kappa shape index (κ2) is 6.98. The molecule has 6 heteroatoms. The lowest BCUT2D eigenvalue weighted by molar-refractivity contribution is -0.534. The molecule has 3 heterocycles. The second-order valence-electron chi connectivity index (χ2n) is 7.64. The Hall–Kier alpha value is -2.24. The molecule has 0 saturated carbocycles. The van der Waals surface area contributed by atoms with Gasteiger partial charge in [-0.25, -0.2) is 0 Å². The molecule has 0 aliphatic carbocycles. The Bertz CT molecular complexity index is 928. The highest BCUT2D eigenvalue weighted by molar-refractivity contribution is 6.30. The van der Waals surface area contributed by atoms with Gasteiger partial charge in [-0.3, -0.25) is 4.58 Å². The van der Waals surface area contributed by atoms with Crippen LogP contribution in [0, 0.1) is 0 Å². The first-order valence-corrected chi connectivity index (χ1v) is 10.3. The van der Waals surface area contributed by atoms with Gasteiger partial charge in [-0.05, 0) is 61.7 Å². The maximum atomic E-state index is 12.0. The summed E-state index contributed by atoms with van der Waals surface area (Å²) >= 11 is 6.12. The van der Waals surface area contributed by atoms with Gasteiger partial charge >= 0.3 is 0 Å². The minimum atomic E-state index is -1.17. The van der Waals surface area contributed by atoms with Gasteiger partial charge in [0.1, 0.15) is 18.9 Å². The first-order valence-electron chi connectivity index (χ1n) is 9.94. The number of benzene rings is 2. The van der Waals surface area contributed by atoms with Crippen molar-refractivity contribution < 1.29 is 19.2 Å². The quantitative estimate of drug-likeness (QED) is 0.781. The largest absolute Gasteiger partial charge is 0.486 e. The molecule has 0 amide bonds. The molecule has 5 rings (SSSR count). The van der Waals surface area contributed by atoms with Crippen LogP contribution in [-0.4, -0.2) is 41.8 Å².